The summed E-state index contributed by atoms with van der Waals surface area (Å²) in [7, 11) is 0. The number of esters is 1. The Morgan fingerprint density at radius 2 is 2.19 bits per heavy atom. The van der Waals surface area contributed by atoms with E-state index in [-0.39, 0.29) is 38.2 Å². The van der Waals surface area contributed by atoms with E-state index in [0.717, 1.165) is 0 Å². The van der Waals surface area contributed by atoms with Gasteiger partial charge in [0.25, 0.3) is 0 Å². The number of hydrogen-bond acceptors (Lipinski definition) is 7. The van der Waals surface area contributed by atoms with Crippen LogP contribution in [0.5, 0.6) is 0 Å². The SMILES string of the molecule is Nc1ncc2nc(F)n([C@H]3C[Se][C@@H](COC(=O)c4ccccc4)O3)c2n1. The first-order chi connectivity index (χ1) is 12.6. The number of anilines is 1. The number of nitrogens with two attached hydrogens (primary N) is 1. The van der Waals surface area contributed by atoms with E-state index >= 15 is 0 Å². The van der Waals surface area contributed by atoms with E-state index in [1.807, 2.05) is 6.07 Å². The van der Waals surface area contributed by atoms with E-state index in [4.69, 9.17) is 15.2 Å². The Morgan fingerprint density at radius 3 is 3.00 bits per heavy atom. The molecule has 2 N–H and O–H groups in total. The third kappa shape index (κ3) is 3.26. The maximum atomic E-state index is 14.2. The predicted molar refractivity (Wildman–Crippen MR) is 90.9 cm³/mol. The van der Waals surface area contributed by atoms with Gasteiger partial charge >= 0.3 is 153 Å². The van der Waals surface area contributed by atoms with Gasteiger partial charge in [-0.1, -0.05) is 0 Å². The fourth-order valence-electron chi connectivity index (χ4n) is 2.60. The van der Waals surface area contributed by atoms with Crippen LogP contribution < -0.4 is 5.73 Å². The van der Waals surface area contributed by atoms with Crippen molar-refractivity contribution in [2.45, 2.75) is 16.5 Å². The minimum atomic E-state index is -0.706. The Labute approximate surface area is 153 Å². The molecule has 3 heterocycles. The number of benzene rings is 1. The first-order valence-electron chi connectivity index (χ1n) is 7.77. The van der Waals surface area contributed by atoms with Gasteiger partial charge in [-0.05, 0) is 0 Å². The van der Waals surface area contributed by atoms with E-state index in [9.17, 15) is 9.18 Å². The van der Waals surface area contributed by atoms with Crippen molar-refractivity contribution in [1.29, 1.82) is 0 Å². The van der Waals surface area contributed by atoms with Crippen LogP contribution in [0.4, 0.5) is 10.3 Å². The molecule has 1 fully saturated rings. The Bertz CT molecular complexity index is 952. The second kappa shape index (κ2) is 6.99. The number of hydrogen-bond donors (Lipinski definition) is 1. The zero-order chi connectivity index (χ0) is 18.1. The molecule has 1 aromatic carbocycles. The van der Waals surface area contributed by atoms with Gasteiger partial charge in [0, 0.05) is 0 Å². The van der Waals surface area contributed by atoms with Gasteiger partial charge in [-0.15, -0.1) is 0 Å². The molecule has 1 aliphatic rings. The molecular weight excluding hydrogens is 408 g/mol. The summed E-state index contributed by atoms with van der Waals surface area (Å²) >= 11 is 0.0171. The number of imidazole rings is 1. The summed E-state index contributed by atoms with van der Waals surface area (Å²) in [6.45, 7) is 0.121. The number of aromatic nitrogens is 4. The number of rotatable bonds is 4. The van der Waals surface area contributed by atoms with Crippen LogP contribution in [0.25, 0.3) is 11.2 Å². The topological polar surface area (TPSA) is 105 Å². The Morgan fingerprint density at radius 1 is 1.38 bits per heavy atom. The summed E-state index contributed by atoms with van der Waals surface area (Å²) < 4.78 is 26.7. The molecule has 0 spiro atoms. The van der Waals surface area contributed by atoms with Crippen LogP contribution in [0.3, 0.4) is 0 Å². The van der Waals surface area contributed by atoms with Gasteiger partial charge in [0.15, 0.2) is 0 Å². The first kappa shape index (κ1) is 16.9. The van der Waals surface area contributed by atoms with Crippen molar-refractivity contribution >= 4 is 38.0 Å². The van der Waals surface area contributed by atoms with Gasteiger partial charge in [-0.25, -0.2) is 0 Å². The molecule has 0 saturated carbocycles. The Balaban J connectivity index is 1.44. The molecule has 0 radical (unpaired) electrons. The number of carbonyl (C=O) groups is 1. The second-order valence-corrected chi connectivity index (χ2v) is 8.01. The molecule has 0 bridgehead atoms. The molecule has 0 unspecified atom stereocenters. The zero-order valence-corrected chi connectivity index (χ0v) is 15.1. The number of nitrogen functional groups attached to an aromatic ring is 1. The molecule has 10 heteroatoms. The molecule has 134 valence electrons. The number of halogens is 1. The number of ether oxygens (including phenoxy) is 2. The molecule has 2 atom stereocenters. The van der Waals surface area contributed by atoms with Crippen molar-refractivity contribution in [3.05, 3.63) is 48.2 Å². The maximum absolute atomic E-state index is 14.2. The van der Waals surface area contributed by atoms with Crippen molar-refractivity contribution in [2.75, 3.05) is 12.3 Å². The molecule has 1 saturated heterocycles. The van der Waals surface area contributed by atoms with Crippen molar-refractivity contribution in [3.63, 3.8) is 0 Å². The predicted octanol–water partition coefficient (Wildman–Crippen LogP) is 1.38. The number of fused-ring (bicyclic) bond motifs is 1. The molecule has 8 nitrogen and oxygen atoms in total. The van der Waals surface area contributed by atoms with E-state index in [1.54, 1.807) is 24.3 Å². The summed E-state index contributed by atoms with van der Waals surface area (Å²) in [6.07, 6.45) is 0.105. The summed E-state index contributed by atoms with van der Waals surface area (Å²) in [5.41, 5.74) is 6.67. The number of nitrogens with zero attached hydrogens (tertiary/aromatic N) is 4. The van der Waals surface area contributed by atoms with Crippen LogP contribution in [-0.4, -0.2) is 52.1 Å². The quantitative estimate of drug-likeness (QED) is 0.385. The average molecular weight is 422 g/mol. The molecular formula is C16H14FN5O3Se. The molecule has 1 aliphatic heterocycles. The molecule has 26 heavy (non-hydrogen) atoms. The fourth-order valence-corrected chi connectivity index (χ4v) is 4.65. The van der Waals surface area contributed by atoms with Gasteiger partial charge in [0.1, 0.15) is 0 Å². The summed E-state index contributed by atoms with van der Waals surface area (Å²) in [5.74, 6) is -0.372. The van der Waals surface area contributed by atoms with Gasteiger partial charge in [-0.3, -0.25) is 0 Å². The first-order valence-corrected chi connectivity index (χ1v) is 9.97. The van der Waals surface area contributed by atoms with Crippen LogP contribution in [0.1, 0.15) is 16.6 Å². The van der Waals surface area contributed by atoms with E-state index in [1.165, 1.54) is 10.8 Å². The monoisotopic (exact) mass is 423 g/mol. The van der Waals surface area contributed by atoms with Crippen molar-refractivity contribution in [3.8, 4) is 0 Å². The van der Waals surface area contributed by atoms with Crippen LogP contribution in [0.15, 0.2) is 36.5 Å². The van der Waals surface area contributed by atoms with Gasteiger partial charge in [0.05, 0.1) is 0 Å². The summed E-state index contributed by atoms with van der Waals surface area (Å²) in [5, 5.41) is 0.337. The van der Waals surface area contributed by atoms with Crippen molar-refractivity contribution in [1.82, 2.24) is 19.5 Å². The minimum absolute atomic E-state index is 0.0171. The summed E-state index contributed by atoms with van der Waals surface area (Å²) in [6, 6.07) is 8.73. The van der Waals surface area contributed by atoms with Gasteiger partial charge in [-0.2, -0.15) is 0 Å². The molecule has 0 amide bonds. The molecule has 4 rings (SSSR count). The third-order valence-corrected chi connectivity index (χ3v) is 6.09. The van der Waals surface area contributed by atoms with E-state index in [2.05, 4.69) is 15.0 Å². The fraction of sp³-hybridized carbons (Fsp3) is 0.250. The number of carbonyl (C=O) groups excluding carboxylic acids is 1. The zero-order valence-electron chi connectivity index (χ0n) is 13.4. The molecule has 3 aromatic rings. The van der Waals surface area contributed by atoms with E-state index in [0.29, 0.717) is 16.4 Å². The second-order valence-electron chi connectivity index (χ2n) is 5.51. The van der Waals surface area contributed by atoms with Gasteiger partial charge in [0.2, 0.25) is 0 Å². The van der Waals surface area contributed by atoms with E-state index < -0.39 is 18.3 Å². The Kier molecular flexibility index (Phi) is 4.54. The van der Waals surface area contributed by atoms with Crippen LogP contribution in [0.2, 0.25) is 5.32 Å². The normalized spacial score (nSPS) is 19.7. The van der Waals surface area contributed by atoms with Crippen LogP contribution >= 0.6 is 0 Å². The third-order valence-electron chi connectivity index (χ3n) is 3.79. The van der Waals surface area contributed by atoms with Crippen molar-refractivity contribution < 1.29 is 18.7 Å². The molecule has 0 aliphatic carbocycles. The Hall–Kier alpha value is -2.55. The van der Waals surface area contributed by atoms with Crippen LogP contribution in [-0.2, 0) is 9.47 Å². The van der Waals surface area contributed by atoms with Gasteiger partial charge < -0.3 is 0 Å². The standard InChI is InChI=1S/C16H14FN5O3Se/c17-15-20-10-6-19-16(18)21-13(10)22(15)11-8-26-12(25-11)7-24-14(23)9-4-2-1-3-5-9/h1-6,11-12H,7-8H2,(H2,18,19,21)/t11-,12+/m1/s1. The van der Waals surface area contributed by atoms with Crippen LogP contribution in [0, 0.1) is 6.08 Å². The average Bonchev–Trinajstić information content (AvgIpc) is 3.23. The molecule has 2 aromatic heterocycles. The summed E-state index contributed by atoms with van der Waals surface area (Å²) in [4.78, 5) is 23.7. The van der Waals surface area contributed by atoms with Crippen molar-refractivity contribution in [2.24, 2.45) is 0 Å².